The molecule has 1 fully saturated rings. The molecule has 0 spiro atoms. The van der Waals surface area contributed by atoms with Gasteiger partial charge in [-0.2, -0.15) is 0 Å². The third-order valence-electron chi connectivity index (χ3n) is 2.19. The monoisotopic (exact) mass is 172 g/mol. The molecule has 0 aromatic carbocycles. The molecule has 0 aliphatic carbocycles. The highest BCUT2D eigenvalue weighted by Gasteiger charge is 2.21. The molecule has 72 valence electrons. The molecule has 2 nitrogen and oxygen atoms in total. The first-order chi connectivity index (χ1) is 5.83. The van der Waals surface area contributed by atoms with E-state index in [-0.39, 0.29) is 6.29 Å². The van der Waals surface area contributed by atoms with Gasteiger partial charge in [0.15, 0.2) is 6.29 Å². The molecular formula is C10H20O2. The van der Waals surface area contributed by atoms with Crippen LogP contribution in [-0.2, 0) is 9.47 Å². The Labute approximate surface area is 75.2 Å². The number of rotatable bonds is 5. The minimum atomic E-state index is 0.0943. The first-order valence-electron chi connectivity index (χ1n) is 5.10. The molecule has 2 heteroatoms. The molecule has 1 saturated heterocycles. The van der Waals surface area contributed by atoms with Crippen LogP contribution in [0.2, 0.25) is 0 Å². The summed E-state index contributed by atoms with van der Waals surface area (Å²) in [6.07, 6.45) is 6.66. The zero-order valence-corrected chi connectivity index (χ0v) is 8.21. The highest BCUT2D eigenvalue weighted by molar-refractivity contribution is 4.59. The molecule has 2 atom stereocenters. The molecular weight excluding hydrogens is 152 g/mol. The zero-order chi connectivity index (χ0) is 8.81. The van der Waals surface area contributed by atoms with Crippen molar-refractivity contribution in [1.82, 2.24) is 0 Å². The first kappa shape index (κ1) is 10.0. The van der Waals surface area contributed by atoms with E-state index in [1.54, 1.807) is 0 Å². The van der Waals surface area contributed by atoms with Crippen molar-refractivity contribution in [3.8, 4) is 0 Å². The predicted molar refractivity (Wildman–Crippen MR) is 49.0 cm³/mol. The summed E-state index contributed by atoms with van der Waals surface area (Å²) < 4.78 is 10.9. The first-order valence-corrected chi connectivity index (χ1v) is 5.10. The van der Waals surface area contributed by atoms with Crippen LogP contribution in [0.25, 0.3) is 0 Å². The van der Waals surface area contributed by atoms with Gasteiger partial charge in [-0.3, -0.25) is 0 Å². The van der Waals surface area contributed by atoms with Gasteiger partial charge in [0.25, 0.3) is 0 Å². The van der Waals surface area contributed by atoms with Gasteiger partial charge < -0.3 is 9.47 Å². The summed E-state index contributed by atoms with van der Waals surface area (Å²) in [5, 5.41) is 0. The summed E-state index contributed by atoms with van der Waals surface area (Å²) >= 11 is 0. The summed E-state index contributed by atoms with van der Waals surface area (Å²) in [5.41, 5.74) is 0. The van der Waals surface area contributed by atoms with Crippen molar-refractivity contribution in [1.29, 1.82) is 0 Å². The van der Waals surface area contributed by atoms with Crippen LogP contribution in [0.3, 0.4) is 0 Å². The van der Waals surface area contributed by atoms with E-state index in [0.717, 1.165) is 13.0 Å². The molecule has 1 heterocycles. The van der Waals surface area contributed by atoms with E-state index in [4.69, 9.17) is 9.47 Å². The van der Waals surface area contributed by atoms with Crippen LogP contribution >= 0.6 is 0 Å². The fourth-order valence-electron chi connectivity index (χ4n) is 1.47. The number of hydrogen-bond donors (Lipinski definition) is 0. The van der Waals surface area contributed by atoms with E-state index in [2.05, 4.69) is 13.8 Å². The molecule has 0 saturated carbocycles. The van der Waals surface area contributed by atoms with Crippen molar-refractivity contribution in [2.45, 2.75) is 58.3 Å². The van der Waals surface area contributed by atoms with E-state index in [9.17, 15) is 0 Å². The van der Waals surface area contributed by atoms with Gasteiger partial charge in [-0.15, -0.1) is 0 Å². The van der Waals surface area contributed by atoms with Gasteiger partial charge in [0.05, 0.1) is 12.7 Å². The highest BCUT2D eigenvalue weighted by atomic mass is 16.7. The maximum Gasteiger partial charge on any atom is 0.158 e. The van der Waals surface area contributed by atoms with E-state index in [1.165, 1.54) is 25.7 Å². The summed E-state index contributed by atoms with van der Waals surface area (Å²) in [6, 6.07) is 0. The van der Waals surface area contributed by atoms with Crippen molar-refractivity contribution >= 4 is 0 Å². The standard InChI is InChI=1S/C10H20O2/c1-3-4-5-6-7-10-11-8-9(2)12-10/h9-10H,3-8H2,1-2H3/t9-,10-/m0/s1. The van der Waals surface area contributed by atoms with Gasteiger partial charge in [-0.1, -0.05) is 26.2 Å². The van der Waals surface area contributed by atoms with Crippen molar-refractivity contribution in [3.63, 3.8) is 0 Å². The fourth-order valence-corrected chi connectivity index (χ4v) is 1.47. The van der Waals surface area contributed by atoms with Crippen LogP contribution in [0, 0.1) is 0 Å². The molecule has 12 heavy (non-hydrogen) atoms. The lowest BCUT2D eigenvalue weighted by Gasteiger charge is -2.08. The largest absolute Gasteiger partial charge is 0.350 e. The van der Waals surface area contributed by atoms with Crippen LogP contribution in [0.1, 0.15) is 46.0 Å². The summed E-state index contributed by atoms with van der Waals surface area (Å²) in [4.78, 5) is 0. The van der Waals surface area contributed by atoms with E-state index >= 15 is 0 Å². The lowest BCUT2D eigenvalue weighted by atomic mass is 10.1. The molecule has 0 radical (unpaired) electrons. The molecule has 1 aliphatic heterocycles. The Balaban J connectivity index is 1.93. The quantitative estimate of drug-likeness (QED) is 0.594. The van der Waals surface area contributed by atoms with Crippen LogP contribution < -0.4 is 0 Å². The average molecular weight is 172 g/mol. The smallest absolute Gasteiger partial charge is 0.158 e. The van der Waals surface area contributed by atoms with E-state index in [1.807, 2.05) is 0 Å². The maximum atomic E-state index is 5.52. The molecule has 0 aromatic rings. The second kappa shape index (κ2) is 5.55. The van der Waals surface area contributed by atoms with Gasteiger partial charge in [-0.25, -0.2) is 0 Å². The second-order valence-electron chi connectivity index (χ2n) is 3.56. The number of unbranched alkanes of at least 4 members (excludes halogenated alkanes) is 3. The fraction of sp³-hybridized carbons (Fsp3) is 1.00. The molecule has 1 rings (SSSR count). The molecule has 0 N–H and O–H groups in total. The van der Waals surface area contributed by atoms with Gasteiger partial charge in [0, 0.05) is 0 Å². The van der Waals surface area contributed by atoms with Gasteiger partial charge in [0.2, 0.25) is 0 Å². The lowest BCUT2D eigenvalue weighted by Crippen LogP contribution is -2.08. The third-order valence-corrected chi connectivity index (χ3v) is 2.19. The summed E-state index contributed by atoms with van der Waals surface area (Å²) in [6.45, 7) is 5.06. The van der Waals surface area contributed by atoms with Crippen molar-refractivity contribution in [2.75, 3.05) is 6.61 Å². The Kier molecular flexibility index (Phi) is 4.62. The Bertz CT molecular complexity index is 114. The molecule has 0 unspecified atom stereocenters. The zero-order valence-electron chi connectivity index (χ0n) is 8.21. The molecule has 0 bridgehead atoms. The van der Waals surface area contributed by atoms with Crippen LogP contribution in [-0.4, -0.2) is 19.0 Å². The van der Waals surface area contributed by atoms with Gasteiger partial charge >= 0.3 is 0 Å². The second-order valence-corrected chi connectivity index (χ2v) is 3.56. The maximum absolute atomic E-state index is 5.52. The molecule has 0 aromatic heterocycles. The predicted octanol–water partition coefficient (Wildman–Crippen LogP) is 2.72. The minimum Gasteiger partial charge on any atom is -0.350 e. The van der Waals surface area contributed by atoms with Crippen LogP contribution in [0.5, 0.6) is 0 Å². The minimum absolute atomic E-state index is 0.0943. The Hall–Kier alpha value is -0.0800. The van der Waals surface area contributed by atoms with Crippen LogP contribution in [0.15, 0.2) is 0 Å². The Morgan fingerprint density at radius 3 is 2.67 bits per heavy atom. The lowest BCUT2D eigenvalue weighted by molar-refractivity contribution is -0.0604. The number of ether oxygens (including phenoxy) is 2. The van der Waals surface area contributed by atoms with E-state index < -0.39 is 0 Å². The van der Waals surface area contributed by atoms with Crippen molar-refractivity contribution < 1.29 is 9.47 Å². The summed E-state index contributed by atoms with van der Waals surface area (Å²) in [7, 11) is 0. The van der Waals surface area contributed by atoms with Gasteiger partial charge in [-0.05, 0) is 19.8 Å². The van der Waals surface area contributed by atoms with Crippen molar-refractivity contribution in [2.24, 2.45) is 0 Å². The third kappa shape index (κ3) is 3.55. The highest BCUT2D eigenvalue weighted by Crippen LogP contribution is 2.16. The SMILES string of the molecule is CCCCCC[C@H]1OC[C@H](C)O1. The van der Waals surface area contributed by atoms with Gasteiger partial charge in [0.1, 0.15) is 0 Å². The number of hydrogen-bond acceptors (Lipinski definition) is 2. The average Bonchev–Trinajstić information content (AvgIpc) is 2.45. The Morgan fingerprint density at radius 2 is 2.08 bits per heavy atom. The topological polar surface area (TPSA) is 18.5 Å². The van der Waals surface area contributed by atoms with E-state index in [0.29, 0.717) is 6.10 Å². The molecule has 1 aliphatic rings. The Morgan fingerprint density at radius 1 is 1.25 bits per heavy atom. The molecule has 0 amide bonds. The summed E-state index contributed by atoms with van der Waals surface area (Å²) in [5.74, 6) is 0. The van der Waals surface area contributed by atoms with Crippen LogP contribution in [0.4, 0.5) is 0 Å². The van der Waals surface area contributed by atoms with Crippen molar-refractivity contribution in [3.05, 3.63) is 0 Å². The normalized spacial score (nSPS) is 29.5.